The molecule has 1 saturated heterocycles. The molecule has 3 aromatic heterocycles. The van der Waals surface area contributed by atoms with Gasteiger partial charge in [-0.3, -0.25) is 14.5 Å². The number of carbonyl (C=O) groups is 1. The number of aryl methyl sites for hydroxylation is 1. The lowest BCUT2D eigenvalue weighted by Gasteiger charge is -2.41. The molecular weight excluding hydrogens is 380 g/mol. The minimum absolute atomic E-state index is 0.0180. The summed E-state index contributed by atoms with van der Waals surface area (Å²) < 4.78 is 7.37. The van der Waals surface area contributed by atoms with Gasteiger partial charge in [-0.25, -0.2) is 0 Å². The van der Waals surface area contributed by atoms with Gasteiger partial charge in [0.2, 0.25) is 0 Å². The molecule has 0 bridgehead atoms. The molecule has 0 aromatic carbocycles. The normalized spacial score (nSPS) is 21.7. The molecule has 2 fully saturated rings. The zero-order valence-electron chi connectivity index (χ0n) is 17.2. The number of piperidine rings is 1. The Balaban J connectivity index is 1.43. The molecule has 1 unspecified atom stereocenters. The standard InChI is InChI=1S/C22H26N6O2/c1-2-28-13-9-18(25-28)20(29)27-12-5-10-22(15-27,14-16-7-8-16)21-24-19(30-26-21)17-6-3-4-11-23-17/h3-4,6,9,11,13,16H,2,5,7-8,10,12,14-15H2,1H3. The maximum Gasteiger partial charge on any atom is 0.276 e. The smallest absolute Gasteiger partial charge is 0.276 e. The van der Waals surface area contributed by atoms with Gasteiger partial charge in [0.1, 0.15) is 11.4 Å². The molecule has 3 aromatic rings. The largest absolute Gasteiger partial charge is 0.336 e. The summed E-state index contributed by atoms with van der Waals surface area (Å²) in [5.41, 5.74) is 0.895. The second-order valence-electron chi connectivity index (χ2n) is 8.45. The molecule has 0 spiro atoms. The van der Waals surface area contributed by atoms with Crippen LogP contribution < -0.4 is 0 Å². The summed E-state index contributed by atoms with van der Waals surface area (Å²) in [7, 11) is 0. The number of pyridine rings is 1. The summed E-state index contributed by atoms with van der Waals surface area (Å²) in [6, 6.07) is 7.44. The van der Waals surface area contributed by atoms with Gasteiger partial charge in [-0.05, 0) is 50.3 Å². The molecule has 2 aliphatic rings. The van der Waals surface area contributed by atoms with Gasteiger partial charge < -0.3 is 9.42 Å². The number of likely N-dealkylation sites (tertiary alicyclic amines) is 1. The van der Waals surface area contributed by atoms with E-state index in [1.54, 1.807) is 16.9 Å². The highest BCUT2D eigenvalue weighted by Crippen LogP contribution is 2.46. The van der Waals surface area contributed by atoms with Gasteiger partial charge >= 0.3 is 0 Å². The Morgan fingerprint density at radius 2 is 2.20 bits per heavy atom. The van der Waals surface area contributed by atoms with E-state index in [2.05, 4.69) is 15.2 Å². The van der Waals surface area contributed by atoms with Crippen LogP contribution >= 0.6 is 0 Å². The van der Waals surface area contributed by atoms with Crippen molar-refractivity contribution >= 4 is 5.91 Å². The first-order chi connectivity index (χ1) is 14.7. The molecule has 5 rings (SSSR count). The summed E-state index contributed by atoms with van der Waals surface area (Å²) in [5.74, 6) is 1.80. The van der Waals surface area contributed by atoms with Gasteiger partial charge in [-0.15, -0.1) is 0 Å². The fourth-order valence-electron chi connectivity index (χ4n) is 4.47. The number of hydrogen-bond acceptors (Lipinski definition) is 6. The van der Waals surface area contributed by atoms with Crippen molar-refractivity contribution < 1.29 is 9.32 Å². The third-order valence-corrected chi connectivity index (χ3v) is 6.21. The van der Waals surface area contributed by atoms with Gasteiger partial charge in [0.05, 0.1) is 5.41 Å². The van der Waals surface area contributed by atoms with Crippen molar-refractivity contribution in [1.82, 2.24) is 29.8 Å². The zero-order chi connectivity index (χ0) is 20.6. The molecule has 30 heavy (non-hydrogen) atoms. The van der Waals surface area contributed by atoms with Crippen molar-refractivity contribution in [2.45, 2.75) is 51.0 Å². The molecule has 1 amide bonds. The Labute approximate surface area is 175 Å². The highest BCUT2D eigenvalue weighted by atomic mass is 16.5. The van der Waals surface area contributed by atoms with Crippen molar-refractivity contribution in [3.8, 4) is 11.6 Å². The third kappa shape index (κ3) is 3.62. The first-order valence-electron chi connectivity index (χ1n) is 10.8. The van der Waals surface area contributed by atoms with Crippen LogP contribution in [-0.2, 0) is 12.0 Å². The third-order valence-electron chi connectivity index (χ3n) is 6.21. The maximum absolute atomic E-state index is 13.2. The van der Waals surface area contributed by atoms with Crippen LogP contribution in [0.2, 0.25) is 0 Å². The summed E-state index contributed by atoms with van der Waals surface area (Å²) >= 11 is 0. The van der Waals surface area contributed by atoms with E-state index in [4.69, 9.17) is 9.51 Å². The van der Waals surface area contributed by atoms with Crippen LogP contribution in [0.4, 0.5) is 0 Å². The van der Waals surface area contributed by atoms with E-state index < -0.39 is 0 Å². The highest BCUT2D eigenvalue weighted by molar-refractivity contribution is 5.92. The molecule has 0 N–H and O–H groups in total. The molecule has 8 nitrogen and oxygen atoms in total. The number of aromatic nitrogens is 5. The molecule has 1 atom stereocenters. The predicted molar refractivity (Wildman–Crippen MR) is 110 cm³/mol. The van der Waals surface area contributed by atoms with Crippen molar-refractivity contribution in [2.75, 3.05) is 13.1 Å². The van der Waals surface area contributed by atoms with Gasteiger partial charge in [0.15, 0.2) is 5.82 Å². The van der Waals surface area contributed by atoms with Gasteiger partial charge in [0.25, 0.3) is 11.8 Å². The average molecular weight is 406 g/mol. The first kappa shape index (κ1) is 19.0. The van der Waals surface area contributed by atoms with E-state index in [0.717, 1.165) is 32.4 Å². The summed E-state index contributed by atoms with van der Waals surface area (Å²) in [4.78, 5) is 24.1. The van der Waals surface area contributed by atoms with Crippen LogP contribution in [0.3, 0.4) is 0 Å². The van der Waals surface area contributed by atoms with Gasteiger partial charge in [-0.2, -0.15) is 10.1 Å². The fourth-order valence-corrected chi connectivity index (χ4v) is 4.47. The van der Waals surface area contributed by atoms with E-state index >= 15 is 0 Å². The van der Waals surface area contributed by atoms with E-state index in [9.17, 15) is 4.79 Å². The van der Waals surface area contributed by atoms with Crippen LogP contribution in [0.5, 0.6) is 0 Å². The second kappa shape index (κ2) is 7.66. The number of hydrogen-bond donors (Lipinski definition) is 0. The molecular formula is C22H26N6O2. The Morgan fingerprint density at radius 1 is 1.30 bits per heavy atom. The van der Waals surface area contributed by atoms with Crippen LogP contribution in [0.1, 0.15) is 55.3 Å². The SMILES string of the molecule is CCn1ccc(C(=O)N2CCCC(CC3CC3)(c3noc(-c4ccccn4)n3)C2)n1. The molecule has 4 heterocycles. The number of carbonyl (C=O) groups excluding carboxylic acids is 1. The number of amides is 1. The van der Waals surface area contributed by atoms with Crippen molar-refractivity contribution in [3.05, 3.63) is 48.2 Å². The molecule has 8 heteroatoms. The minimum atomic E-state index is -0.279. The Hall–Kier alpha value is -3.03. The second-order valence-corrected chi connectivity index (χ2v) is 8.45. The molecule has 1 saturated carbocycles. The van der Waals surface area contributed by atoms with Crippen LogP contribution in [0.15, 0.2) is 41.2 Å². The van der Waals surface area contributed by atoms with Crippen molar-refractivity contribution in [2.24, 2.45) is 5.92 Å². The molecule has 1 aliphatic heterocycles. The number of rotatable bonds is 6. The zero-order valence-corrected chi connectivity index (χ0v) is 17.2. The lowest BCUT2D eigenvalue weighted by atomic mass is 9.74. The van der Waals surface area contributed by atoms with Crippen molar-refractivity contribution in [3.63, 3.8) is 0 Å². The van der Waals surface area contributed by atoms with Gasteiger partial charge in [-0.1, -0.05) is 24.1 Å². The van der Waals surface area contributed by atoms with E-state index in [1.165, 1.54) is 12.8 Å². The monoisotopic (exact) mass is 406 g/mol. The Kier molecular flexibility index (Phi) is 4.84. The molecule has 0 radical (unpaired) electrons. The molecule has 1 aliphatic carbocycles. The first-order valence-corrected chi connectivity index (χ1v) is 10.8. The van der Waals surface area contributed by atoms with Crippen LogP contribution in [0.25, 0.3) is 11.6 Å². The van der Waals surface area contributed by atoms with E-state index in [-0.39, 0.29) is 11.3 Å². The average Bonchev–Trinajstić information content (AvgIpc) is 3.27. The molecule has 156 valence electrons. The van der Waals surface area contributed by atoms with Crippen molar-refractivity contribution in [1.29, 1.82) is 0 Å². The van der Waals surface area contributed by atoms with E-state index in [1.807, 2.05) is 36.2 Å². The number of nitrogens with zero attached hydrogens (tertiary/aromatic N) is 6. The van der Waals surface area contributed by atoms with E-state index in [0.29, 0.717) is 35.6 Å². The Morgan fingerprint density at radius 3 is 2.93 bits per heavy atom. The lowest BCUT2D eigenvalue weighted by Crippen LogP contribution is -2.49. The lowest BCUT2D eigenvalue weighted by molar-refractivity contribution is 0.0600. The maximum atomic E-state index is 13.2. The highest BCUT2D eigenvalue weighted by Gasteiger charge is 2.46. The summed E-state index contributed by atoms with van der Waals surface area (Å²) in [6.45, 7) is 4.09. The van der Waals surface area contributed by atoms with Crippen LogP contribution in [0, 0.1) is 5.92 Å². The fraction of sp³-hybridized carbons (Fsp3) is 0.500. The van der Waals surface area contributed by atoms with Crippen LogP contribution in [-0.4, -0.2) is 48.8 Å². The van der Waals surface area contributed by atoms with Gasteiger partial charge in [0, 0.05) is 32.0 Å². The Bertz CT molecular complexity index is 1030. The summed E-state index contributed by atoms with van der Waals surface area (Å²) in [6.07, 6.45) is 8.91. The predicted octanol–water partition coefficient (Wildman–Crippen LogP) is 3.32. The topological polar surface area (TPSA) is 89.9 Å². The minimum Gasteiger partial charge on any atom is -0.336 e. The summed E-state index contributed by atoms with van der Waals surface area (Å²) in [5, 5.41) is 8.78. The quantitative estimate of drug-likeness (QED) is 0.624.